The molecule has 1 aromatic heterocycles. The van der Waals surface area contributed by atoms with Crippen LogP contribution in [-0.4, -0.2) is 56.4 Å². The molecule has 1 N–H and O–H groups in total. The van der Waals surface area contributed by atoms with Gasteiger partial charge in [0.05, 0.1) is 12.3 Å². The number of hydrazone groups is 1. The van der Waals surface area contributed by atoms with Crippen molar-refractivity contribution < 1.29 is 13.8 Å². The number of carbonyl (C=O) groups is 2. The van der Waals surface area contributed by atoms with Crippen molar-refractivity contribution in [2.75, 3.05) is 25.1 Å². The number of hydrogen-bond donors (Lipinski definition) is 1. The number of para-hydroxylation sites is 1. The van der Waals surface area contributed by atoms with Crippen LogP contribution in [0.4, 0.5) is 0 Å². The number of amides is 2. The molecule has 0 aliphatic carbocycles. The Morgan fingerprint density at radius 2 is 1.87 bits per heavy atom. The SMILES string of the molecule is C[S@@](=O)CCNC(=O)CN1N=C(c2ccccc2)Cn2c(cc3ccccc32)C1=O. The number of carbonyl (C=O) groups excluding carboxylic acids is 2. The van der Waals surface area contributed by atoms with Crippen molar-refractivity contribution in [2.45, 2.75) is 6.54 Å². The van der Waals surface area contributed by atoms with Gasteiger partial charge in [0.15, 0.2) is 0 Å². The van der Waals surface area contributed by atoms with Gasteiger partial charge in [-0.2, -0.15) is 5.10 Å². The fourth-order valence-electron chi connectivity index (χ4n) is 3.48. The first-order chi connectivity index (χ1) is 14.5. The molecule has 4 rings (SSSR count). The lowest BCUT2D eigenvalue weighted by Gasteiger charge is -2.16. The van der Waals surface area contributed by atoms with Crippen LogP contribution in [-0.2, 0) is 22.1 Å². The fourth-order valence-corrected chi connectivity index (χ4v) is 3.86. The third kappa shape index (κ3) is 4.18. The van der Waals surface area contributed by atoms with E-state index in [2.05, 4.69) is 10.4 Å². The smallest absolute Gasteiger partial charge is 0.291 e. The predicted octanol–water partition coefficient (Wildman–Crippen LogP) is 2.00. The number of rotatable bonds is 6. The number of benzene rings is 2. The number of fused-ring (bicyclic) bond motifs is 3. The van der Waals surface area contributed by atoms with Crippen molar-refractivity contribution in [2.24, 2.45) is 5.10 Å². The van der Waals surface area contributed by atoms with Crippen molar-refractivity contribution >= 4 is 39.2 Å². The molecule has 0 saturated carbocycles. The zero-order chi connectivity index (χ0) is 21.1. The highest BCUT2D eigenvalue weighted by molar-refractivity contribution is 7.84. The summed E-state index contributed by atoms with van der Waals surface area (Å²) in [6.45, 7) is 0.512. The second-order valence-electron chi connectivity index (χ2n) is 7.08. The lowest BCUT2D eigenvalue weighted by atomic mass is 10.1. The zero-order valence-corrected chi connectivity index (χ0v) is 17.4. The van der Waals surface area contributed by atoms with E-state index in [1.807, 2.05) is 65.2 Å². The number of nitrogens with zero attached hydrogens (tertiary/aromatic N) is 3. The van der Waals surface area contributed by atoms with Crippen LogP contribution in [0, 0.1) is 0 Å². The van der Waals surface area contributed by atoms with Crippen LogP contribution in [0.5, 0.6) is 0 Å². The molecule has 0 saturated heterocycles. The molecule has 2 amide bonds. The summed E-state index contributed by atoms with van der Waals surface area (Å²) in [6.07, 6.45) is 1.58. The van der Waals surface area contributed by atoms with Gasteiger partial charge in [0.2, 0.25) is 5.91 Å². The average molecular weight is 423 g/mol. The first kappa shape index (κ1) is 20.0. The quantitative estimate of drug-likeness (QED) is 0.660. The van der Waals surface area contributed by atoms with Crippen LogP contribution in [0.1, 0.15) is 16.1 Å². The molecular formula is C22H22N4O3S. The van der Waals surface area contributed by atoms with E-state index in [4.69, 9.17) is 0 Å². The van der Waals surface area contributed by atoms with Gasteiger partial charge in [0.25, 0.3) is 5.91 Å². The second kappa shape index (κ2) is 8.62. The molecule has 1 atom stereocenters. The van der Waals surface area contributed by atoms with Gasteiger partial charge in [-0.15, -0.1) is 0 Å². The Balaban J connectivity index is 1.70. The monoisotopic (exact) mass is 422 g/mol. The molecular weight excluding hydrogens is 400 g/mol. The van der Waals surface area contributed by atoms with E-state index < -0.39 is 10.8 Å². The van der Waals surface area contributed by atoms with E-state index in [1.54, 1.807) is 6.26 Å². The molecule has 0 fully saturated rings. The summed E-state index contributed by atoms with van der Waals surface area (Å²) >= 11 is 0. The Hall–Kier alpha value is -3.26. The third-order valence-corrected chi connectivity index (χ3v) is 5.70. The highest BCUT2D eigenvalue weighted by Crippen LogP contribution is 2.24. The first-order valence-corrected chi connectivity index (χ1v) is 11.4. The minimum absolute atomic E-state index is 0.201. The average Bonchev–Trinajstić information content (AvgIpc) is 3.04. The Morgan fingerprint density at radius 1 is 1.13 bits per heavy atom. The maximum Gasteiger partial charge on any atom is 0.291 e. The van der Waals surface area contributed by atoms with Gasteiger partial charge in [0.1, 0.15) is 12.2 Å². The molecule has 8 heteroatoms. The van der Waals surface area contributed by atoms with E-state index in [9.17, 15) is 13.8 Å². The van der Waals surface area contributed by atoms with Crippen LogP contribution >= 0.6 is 0 Å². The molecule has 30 heavy (non-hydrogen) atoms. The highest BCUT2D eigenvalue weighted by Gasteiger charge is 2.27. The summed E-state index contributed by atoms with van der Waals surface area (Å²) in [5.41, 5.74) is 3.03. The van der Waals surface area contributed by atoms with Crippen molar-refractivity contribution in [1.29, 1.82) is 0 Å². The van der Waals surface area contributed by atoms with Gasteiger partial charge in [-0.3, -0.25) is 13.8 Å². The standard InChI is InChI=1S/C22H22N4O3S/c1-30(29)12-11-23-21(27)15-26-22(28)20-13-17-9-5-6-10-19(17)25(20)14-18(24-26)16-7-3-2-4-8-16/h2-10,13H,11-12,14-15H2,1H3,(H,23,27)/t30-/m1/s1. The fraction of sp³-hybridized carbons (Fsp3) is 0.227. The van der Waals surface area contributed by atoms with Gasteiger partial charge in [-0.1, -0.05) is 48.5 Å². The Bertz CT molecular complexity index is 1150. The Morgan fingerprint density at radius 3 is 2.63 bits per heavy atom. The van der Waals surface area contributed by atoms with Gasteiger partial charge in [0, 0.05) is 40.3 Å². The maximum absolute atomic E-state index is 13.3. The minimum Gasteiger partial charge on any atom is -0.354 e. The molecule has 154 valence electrons. The lowest BCUT2D eigenvalue weighted by molar-refractivity contribution is -0.121. The first-order valence-electron chi connectivity index (χ1n) is 9.62. The van der Waals surface area contributed by atoms with Crippen molar-refractivity contribution in [3.05, 3.63) is 71.9 Å². The second-order valence-corrected chi connectivity index (χ2v) is 8.63. The number of nitrogens with one attached hydrogen (secondary N) is 1. The van der Waals surface area contributed by atoms with Gasteiger partial charge >= 0.3 is 0 Å². The van der Waals surface area contributed by atoms with Crippen LogP contribution in [0.25, 0.3) is 10.9 Å². The highest BCUT2D eigenvalue weighted by atomic mass is 32.2. The zero-order valence-electron chi connectivity index (χ0n) is 16.6. The number of hydrogen-bond acceptors (Lipinski definition) is 4. The summed E-state index contributed by atoms with van der Waals surface area (Å²) in [4.78, 5) is 25.7. The summed E-state index contributed by atoms with van der Waals surface area (Å²) < 4.78 is 13.2. The van der Waals surface area contributed by atoms with Crippen molar-refractivity contribution in [1.82, 2.24) is 14.9 Å². The van der Waals surface area contributed by atoms with E-state index in [0.29, 0.717) is 30.2 Å². The van der Waals surface area contributed by atoms with Crippen LogP contribution < -0.4 is 5.32 Å². The van der Waals surface area contributed by atoms with Gasteiger partial charge < -0.3 is 9.88 Å². The molecule has 0 radical (unpaired) electrons. The molecule has 7 nitrogen and oxygen atoms in total. The molecule has 1 aliphatic heterocycles. The van der Waals surface area contributed by atoms with E-state index >= 15 is 0 Å². The van der Waals surface area contributed by atoms with Crippen LogP contribution in [0.15, 0.2) is 65.8 Å². The summed E-state index contributed by atoms with van der Waals surface area (Å²) in [7, 11) is -0.994. The lowest BCUT2D eigenvalue weighted by Crippen LogP contribution is -2.39. The predicted molar refractivity (Wildman–Crippen MR) is 118 cm³/mol. The van der Waals surface area contributed by atoms with Crippen molar-refractivity contribution in [3.63, 3.8) is 0 Å². The summed E-state index contributed by atoms with van der Waals surface area (Å²) in [5.74, 6) is -0.298. The molecule has 2 aromatic carbocycles. The largest absolute Gasteiger partial charge is 0.354 e. The Labute approximate surface area is 176 Å². The Kier molecular flexibility index (Phi) is 5.76. The topological polar surface area (TPSA) is 83.8 Å². The van der Waals surface area contributed by atoms with Crippen LogP contribution in [0.2, 0.25) is 0 Å². The molecule has 3 aromatic rings. The molecule has 2 heterocycles. The summed E-state index contributed by atoms with van der Waals surface area (Å²) in [6, 6.07) is 19.3. The molecule has 0 spiro atoms. The summed E-state index contributed by atoms with van der Waals surface area (Å²) in [5, 5.41) is 9.45. The van der Waals surface area contributed by atoms with E-state index in [1.165, 1.54) is 5.01 Å². The van der Waals surface area contributed by atoms with Gasteiger partial charge in [-0.25, -0.2) is 5.01 Å². The molecule has 1 aliphatic rings. The third-order valence-electron chi connectivity index (χ3n) is 4.93. The van der Waals surface area contributed by atoms with Gasteiger partial charge in [-0.05, 0) is 17.7 Å². The van der Waals surface area contributed by atoms with Crippen molar-refractivity contribution in [3.8, 4) is 0 Å². The normalized spacial score (nSPS) is 14.8. The minimum atomic E-state index is -0.994. The van der Waals surface area contributed by atoms with Crippen LogP contribution in [0.3, 0.4) is 0 Å². The molecule has 0 unspecified atom stereocenters. The number of aromatic nitrogens is 1. The van der Waals surface area contributed by atoms with E-state index in [-0.39, 0.29) is 18.4 Å². The maximum atomic E-state index is 13.3. The van der Waals surface area contributed by atoms with E-state index in [0.717, 1.165) is 16.5 Å². The molecule has 0 bridgehead atoms.